The van der Waals surface area contributed by atoms with Crippen LogP contribution in [0.3, 0.4) is 0 Å². The van der Waals surface area contributed by atoms with E-state index in [1.165, 1.54) is 0 Å². The highest BCUT2D eigenvalue weighted by atomic mass is 16.1. The SMILES string of the molecule is CCNCC(=O)NCc1c(C)nn(C)c1C. The first kappa shape index (κ1) is 12.7. The number of hydrogen-bond donors (Lipinski definition) is 2. The van der Waals surface area contributed by atoms with Gasteiger partial charge in [-0.1, -0.05) is 6.92 Å². The van der Waals surface area contributed by atoms with E-state index in [1.807, 2.05) is 32.5 Å². The summed E-state index contributed by atoms with van der Waals surface area (Å²) >= 11 is 0. The molecule has 0 bridgehead atoms. The van der Waals surface area contributed by atoms with Crippen LogP contribution in [0.4, 0.5) is 0 Å². The van der Waals surface area contributed by atoms with Gasteiger partial charge in [0.05, 0.1) is 12.2 Å². The molecule has 0 aliphatic carbocycles. The van der Waals surface area contributed by atoms with Crippen LogP contribution in [0.1, 0.15) is 23.9 Å². The van der Waals surface area contributed by atoms with Gasteiger partial charge in [0.15, 0.2) is 0 Å². The summed E-state index contributed by atoms with van der Waals surface area (Å²) in [4.78, 5) is 11.4. The maximum Gasteiger partial charge on any atom is 0.234 e. The summed E-state index contributed by atoms with van der Waals surface area (Å²) in [6.45, 7) is 7.66. The maximum atomic E-state index is 11.4. The zero-order valence-corrected chi connectivity index (χ0v) is 10.4. The molecule has 0 aliphatic rings. The lowest BCUT2D eigenvalue weighted by Crippen LogP contribution is -2.33. The smallest absolute Gasteiger partial charge is 0.234 e. The molecular formula is C11H20N4O. The van der Waals surface area contributed by atoms with Crippen LogP contribution in [0.2, 0.25) is 0 Å². The Morgan fingerprint density at radius 1 is 1.44 bits per heavy atom. The highest BCUT2D eigenvalue weighted by Crippen LogP contribution is 2.10. The number of aromatic nitrogens is 2. The van der Waals surface area contributed by atoms with E-state index in [2.05, 4.69) is 15.7 Å². The normalized spacial score (nSPS) is 10.5. The predicted molar refractivity (Wildman–Crippen MR) is 63.1 cm³/mol. The lowest BCUT2D eigenvalue weighted by Gasteiger charge is -2.06. The molecule has 1 aromatic rings. The Hall–Kier alpha value is -1.36. The first-order chi connectivity index (χ1) is 7.56. The average molecular weight is 224 g/mol. The molecule has 0 atom stereocenters. The van der Waals surface area contributed by atoms with Gasteiger partial charge in [0, 0.05) is 24.8 Å². The second-order valence-corrected chi connectivity index (χ2v) is 3.83. The molecule has 0 radical (unpaired) electrons. The number of aryl methyl sites for hydroxylation is 2. The van der Waals surface area contributed by atoms with E-state index in [0.717, 1.165) is 23.5 Å². The Balaban J connectivity index is 2.51. The molecule has 0 spiro atoms. The average Bonchev–Trinajstić information content (AvgIpc) is 2.48. The largest absolute Gasteiger partial charge is 0.351 e. The van der Waals surface area contributed by atoms with Crippen molar-refractivity contribution in [1.82, 2.24) is 20.4 Å². The van der Waals surface area contributed by atoms with Crippen molar-refractivity contribution in [2.45, 2.75) is 27.3 Å². The molecule has 0 unspecified atom stereocenters. The van der Waals surface area contributed by atoms with Crippen molar-refractivity contribution < 1.29 is 4.79 Å². The zero-order valence-electron chi connectivity index (χ0n) is 10.4. The quantitative estimate of drug-likeness (QED) is 0.754. The zero-order chi connectivity index (χ0) is 12.1. The Morgan fingerprint density at radius 2 is 2.12 bits per heavy atom. The van der Waals surface area contributed by atoms with Gasteiger partial charge >= 0.3 is 0 Å². The third-order valence-electron chi connectivity index (χ3n) is 2.66. The van der Waals surface area contributed by atoms with Crippen LogP contribution in [-0.2, 0) is 18.4 Å². The molecule has 1 amide bonds. The van der Waals surface area contributed by atoms with Crippen LogP contribution in [-0.4, -0.2) is 28.8 Å². The van der Waals surface area contributed by atoms with Gasteiger partial charge in [-0.25, -0.2) is 0 Å². The fourth-order valence-electron chi connectivity index (χ4n) is 1.56. The van der Waals surface area contributed by atoms with Crippen molar-refractivity contribution in [3.63, 3.8) is 0 Å². The van der Waals surface area contributed by atoms with Gasteiger partial charge in [-0.2, -0.15) is 5.10 Å². The number of nitrogens with zero attached hydrogens (tertiary/aromatic N) is 2. The molecule has 0 saturated carbocycles. The highest BCUT2D eigenvalue weighted by molar-refractivity contribution is 5.78. The van der Waals surface area contributed by atoms with Gasteiger partial charge < -0.3 is 10.6 Å². The molecule has 1 heterocycles. The minimum Gasteiger partial charge on any atom is -0.351 e. The summed E-state index contributed by atoms with van der Waals surface area (Å²) < 4.78 is 1.83. The monoisotopic (exact) mass is 224 g/mol. The van der Waals surface area contributed by atoms with Crippen molar-refractivity contribution in [2.24, 2.45) is 7.05 Å². The van der Waals surface area contributed by atoms with E-state index >= 15 is 0 Å². The topological polar surface area (TPSA) is 59.0 Å². The van der Waals surface area contributed by atoms with E-state index in [4.69, 9.17) is 0 Å². The summed E-state index contributed by atoms with van der Waals surface area (Å²) in [5.41, 5.74) is 3.18. The van der Waals surface area contributed by atoms with Crippen molar-refractivity contribution in [3.8, 4) is 0 Å². The molecule has 1 rings (SSSR count). The van der Waals surface area contributed by atoms with Gasteiger partial charge in [-0.3, -0.25) is 9.48 Å². The van der Waals surface area contributed by atoms with Crippen molar-refractivity contribution >= 4 is 5.91 Å². The second-order valence-electron chi connectivity index (χ2n) is 3.83. The van der Waals surface area contributed by atoms with Crippen molar-refractivity contribution in [3.05, 3.63) is 17.0 Å². The minimum atomic E-state index is 0.0181. The number of likely N-dealkylation sites (N-methyl/N-ethyl adjacent to an activating group) is 1. The molecule has 16 heavy (non-hydrogen) atoms. The van der Waals surface area contributed by atoms with Crippen LogP contribution in [0.5, 0.6) is 0 Å². The van der Waals surface area contributed by atoms with E-state index in [1.54, 1.807) is 0 Å². The van der Waals surface area contributed by atoms with Crippen molar-refractivity contribution in [1.29, 1.82) is 0 Å². The fourth-order valence-corrected chi connectivity index (χ4v) is 1.56. The Kier molecular flexibility index (Phi) is 4.49. The van der Waals surface area contributed by atoms with Crippen LogP contribution in [0.25, 0.3) is 0 Å². The lowest BCUT2D eigenvalue weighted by atomic mass is 10.2. The first-order valence-electron chi connectivity index (χ1n) is 5.52. The summed E-state index contributed by atoms with van der Waals surface area (Å²) in [6.07, 6.45) is 0. The van der Waals surface area contributed by atoms with E-state index in [9.17, 15) is 4.79 Å². The van der Waals surface area contributed by atoms with Gasteiger partial charge in [0.1, 0.15) is 0 Å². The Morgan fingerprint density at radius 3 is 2.62 bits per heavy atom. The van der Waals surface area contributed by atoms with Gasteiger partial charge in [0.2, 0.25) is 5.91 Å². The van der Waals surface area contributed by atoms with E-state index in [-0.39, 0.29) is 5.91 Å². The Bertz CT molecular complexity index is 370. The minimum absolute atomic E-state index is 0.0181. The molecule has 90 valence electrons. The molecular weight excluding hydrogens is 204 g/mol. The molecule has 0 aromatic carbocycles. The van der Waals surface area contributed by atoms with Crippen LogP contribution in [0, 0.1) is 13.8 Å². The molecule has 0 saturated heterocycles. The van der Waals surface area contributed by atoms with Gasteiger partial charge in [-0.15, -0.1) is 0 Å². The number of amides is 1. The molecule has 1 aromatic heterocycles. The predicted octanol–water partition coefficient (Wildman–Crippen LogP) is 0.263. The third-order valence-corrected chi connectivity index (χ3v) is 2.66. The number of nitrogens with one attached hydrogen (secondary N) is 2. The van der Waals surface area contributed by atoms with Gasteiger partial charge in [0.25, 0.3) is 0 Å². The summed E-state index contributed by atoms with van der Waals surface area (Å²) in [5.74, 6) is 0.0181. The third kappa shape index (κ3) is 3.06. The van der Waals surface area contributed by atoms with Gasteiger partial charge in [-0.05, 0) is 20.4 Å². The first-order valence-corrected chi connectivity index (χ1v) is 5.52. The molecule has 0 fully saturated rings. The van der Waals surface area contributed by atoms with Crippen molar-refractivity contribution in [2.75, 3.05) is 13.1 Å². The van der Waals surface area contributed by atoms with Crippen LogP contribution < -0.4 is 10.6 Å². The molecule has 5 heteroatoms. The van der Waals surface area contributed by atoms with Crippen LogP contribution in [0.15, 0.2) is 0 Å². The molecule has 0 aliphatic heterocycles. The standard InChI is InChI=1S/C11H20N4O/c1-5-12-7-11(16)13-6-10-8(2)14-15(4)9(10)3/h12H,5-7H2,1-4H3,(H,13,16). The number of rotatable bonds is 5. The number of carbonyl (C=O) groups excluding carboxylic acids is 1. The lowest BCUT2D eigenvalue weighted by molar-refractivity contribution is -0.120. The van der Waals surface area contributed by atoms with E-state index < -0.39 is 0 Å². The van der Waals surface area contributed by atoms with Crippen LogP contribution >= 0.6 is 0 Å². The van der Waals surface area contributed by atoms with E-state index in [0.29, 0.717) is 13.1 Å². The summed E-state index contributed by atoms with van der Waals surface area (Å²) in [7, 11) is 1.91. The molecule has 2 N–H and O–H groups in total. The number of carbonyl (C=O) groups is 1. The second kappa shape index (κ2) is 5.65. The number of hydrogen-bond acceptors (Lipinski definition) is 3. The fraction of sp³-hybridized carbons (Fsp3) is 0.636. The summed E-state index contributed by atoms with van der Waals surface area (Å²) in [6, 6.07) is 0. The Labute approximate surface area is 96.2 Å². The molecule has 5 nitrogen and oxygen atoms in total. The summed E-state index contributed by atoms with van der Waals surface area (Å²) in [5, 5.41) is 10.2. The maximum absolute atomic E-state index is 11.4. The highest BCUT2D eigenvalue weighted by Gasteiger charge is 2.09.